The fraction of sp³-hybridized carbons (Fsp3) is 0.111. The van der Waals surface area contributed by atoms with Gasteiger partial charge in [0.2, 0.25) is 0 Å². The van der Waals surface area contributed by atoms with Crippen LogP contribution in [0.2, 0.25) is 5.02 Å². The first-order valence-corrected chi connectivity index (χ1v) is 8.51. The van der Waals surface area contributed by atoms with E-state index in [0.29, 0.717) is 28.1 Å². The van der Waals surface area contributed by atoms with Crippen LogP contribution in [0.1, 0.15) is 20.8 Å². The molecule has 0 atom stereocenters. The normalized spacial score (nSPS) is 10.4. The van der Waals surface area contributed by atoms with Gasteiger partial charge in [0.1, 0.15) is 12.4 Å². The van der Waals surface area contributed by atoms with Crippen LogP contribution in [0.5, 0.6) is 5.75 Å². The molecule has 0 aliphatic carbocycles. The number of anilines is 1. The average Bonchev–Trinajstić information content (AvgIpc) is 2.98. The number of carbonyl (C=O) groups is 1. The number of nitrogens with zero attached hydrogens (tertiary/aromatic N) is 1. The Labute approximate surface area is 149 Å². The maximum absolute atomic E-state index is 12.3. The summed E-state index contributed by atoms with van der Waals surface area (Å²) in [6.45, 7) is 2.33. The maximum atomic E-state index is 12.3. The summed E-state index contributed by atoms with van der Waals surface area (Å²) < 4.78 is 5.74. The molecule has 6 heteroatoms. The molecule has 0 aliphatic heterocycles. The Morgan fingerprint density at radius 2 is 2.08 bits per heavy atom. The van der Waals surface area contributed by atoms with Gasteiger partial charge in [-0.15, -0.1) is 11.3 Å². The SMILES string of the molecule is Cc1cnc(NC(=O)c2cccc(OCc3cccc(Cl)c3)c2)s1. The molecule has 122 valence electrons. The summed E-state index contributed by atoms with van der Waals surface area (Å²) in [5.74, 6) is 0.413. The fourth-order valence-electron chi connectivity index (χ4n) is 2.10. The van der Waals surface area contributed by atoms with Gasteiger partial charge in [0.15, 0.2) is 5.13 Å². The highest BCUT2D eigenvalue weighted by atomic mass is 35.5. The third kappa shape index (κ3) is 4.34. The zero-order chi connectivity index (χ0) is 16.9. The Hall–Kier alpha value is -2.37. The van der Waals surface area contributed by atoms with E-state index in [1.54, 1.807) is 24.4 Å². The van der Waals surface area contributed by atoms with E-state index in [9.17, 15) is 4.79 Å². The van der Waals surface area contributed by atoms with Crippen LogP contribution in [0.4, 0.5) is 5.13 Å². The lowest BCUT2D eigenvalue weighted by Gasteiger charge is -2.08. The van der Waals surface area contributed by atoms with Gasteiger partial charge in [-0.05, 0) is 42.8 Å². The predicted octanol–water partition coefficient (Wildman–Crippen LogP) is 4.94. The molecule has 0 unspecified atom stereocenters. The summed E-state index contributed by atoms with van der Waals surface area (Å²) in [5.41, 5.74) is 1.49. The zero-order valence-electron chi connectivity index (χ0n) is 13.0. The Morgan fingerprint density at radius 3 is 2.83 bits per heavy atom. The van der Waals surface area contributed by atoms with Crippen molar-refractivity contribution in [3.63, 3.8) is 0 Å². The van der Waals surface area contributed by atoms with Crippen molar-refractivity contribution in [3.05, 3.63) is 75.8 Å². The molecule has 4 nitrogen and oxygen atoms in total. The summed E-state index contributed by atoms with van der Waals surface area (Å²) in [6, 6.07) is 14.5. The number of aromatic nitrogens is 1. The first kappa shape index (κ1) is 16.5. The molecule has 1 amide bonds. The maximum Gasteiger partial charge on any atom is 0.257 e. The molecule has 1 aromatic heterocycles. The van der Waals surface area contributed by atoms with Crippen molar-refractivity contribution < 1.29 is 9.53 Å². The van der Waals surface area contributed by atoms with Crippen LogP contribution >= 0.6 is 22.9 Å². The molecule has 24 heavy (non-hydrogen) atoms. The lowest BCUT2D eigenvalue weighted by Crippen LogP contribution is -2.11. The second kappa shape index (κ2) is 7.47. The second-order valence-electron chi connectivity index (χ2n) is 5.18. The van der Waals surface area contributed by atoms with E-state index in [1.807, 2.05) is 37.3 Å². The fourth-order valence-corrected chi connectivity index (χ4v) is 2.97. The number of carbonyl (C=O) groups excluding carboxylic acids is 1. The first-order chi connectivity index (χ1) is 11.6. The van der Waals surface area contributed by atoms with E-state index in [4.69, 9.17) is 16.3 Å². The van der Waals surface area contributed by atoms with Gasteiger partial charge in [0.25, 0.3) is 5.91 Å². The molecular formula is C18H15ClN2O2S. The number of aryl methyl sites for hydroxylation is 1. The zero-order valence-corrected chi connectivity index (χ0v) is 14.5. The van der Waals surface area contributed by atoms with Crippen LogP contribution in [0.15, 0.2) is 54.7 Å². The van der Waals surface area contributed by atoms with Gasteiger partial charge in [0, 0.05) is 21.7 Å². The Balaban J connectivity index is 1.66. The molecule has 3 rings (SSSR count). The van der Waals surface area contributed by atoms with Gasteiger partial charge in [-0.1, -0.05) is 29.8 Å². The van der Waals surface area contributed by atoms with Crippen molar-refractivity contribution in [1.82, 2.24) is 4.98 Å². The van der Waals surface area contributed by atoms with Crippen LogP contribution in [0.25, 0.3) is 0 Å². The summed E-state index contributed by atoms with van der Waals surface area (Å²) in [7, 11) is 0. The summed E-state index contributed by atoms with van der Waals surface area (Å²) in [6.07, 6.45) is 1.73. The summed E-state index contributed by atoms with van der Waals surface area (Å²) >= 11 is 7.40. The van der Waals surface area contributed by atoms with E-state index in [0.717, 1.165) is 10.4 Å². The lowest BCUT2D eigenvalue weighted by molar-refractivity contribution is 0.102. The van der Waals surface area contributed by atoms with Gasteiger partial charge in [-0.2, -0.15) is 0 Å². The van der Waals surface area contributed by atoms with Gasteiger partial charge >= 0.3 is 0 Å². The molecule has 0 aliphatic rings. The van der Waals surface area contributed by atoms with Gasteiger partial charge in [0.05, 0.1) is 0 Å². The molecule has 1 N–H and O–H groups in total. The Morgan fingerprint density at radius 1 is 1.25 bits per heavy atom. The predicted molar refractivity (Wildman–Crippen MR) is 97.0 cm³/mol. The molecular weight excluding hydrogens is 344 g/mol. The van der Waals surface area contributed by atoms with E-state index in [-0.39, 0.29) is 5.91 Å². The topological polar surface area (TPSA) is 51.2 Å². The molecule has 0 bridgehead atoms. The number of nitrogens with one attached hydrogen (secondary N) is 1. The average molecular weight is 359 g/mol. The van der Waals surface area contributed by atoms with Crippen molar-refractivity contribution in [2.24, 2.45) is 0 Å². The number of ether oxygens (including phenoxy) is 1. The highest BCUT2D eigenvalue weighted by Gasteiger charge is 2.09. The monoisotopic (exact) mass is 358 g/mol. The molecule has 2 aromatic carbocycles. The molecule has 0 fully saturated rings. The Kier molecular flexibility index (Phi) is 5.13. The minimum absolute atomic E-state index is 0.211. The summed E-state index contributed by atoms with van der Waals surface area (Å²) in [5, 5.41) is 4.04. The van der Waals surface area contributed by atoms with E-state index in [2.05, 4.69) is 10.3 Å². The van der Waals surface area contributed by atoms with Crippen molar-refractivity contribution in [2.45, 2.75) is 13.5 Å². The molecule has 0 spiro atoms. The number of rotatable bonds is 5. The largest absolute Gasteiger partial charge is 0.489 e. The molecule has 0 radical (unpaired) electrons. The van der Waals surface area contributed by atoms with Crippen LogP contribution < -0.4 is 10.1 Å². The number of hydrogen-bond acceptors (Lipinski definition) is 4. The van der Waals surface area contributed by atoms with E-state index >= 15 is 0 Å². The van der Waals surface area contributed by atoms with Gasteiger partial charge in [-0.25, -0.2) is 4.98 Å². The minimum Gasteiger partial charge on any atom is -0.489 e. The standard InChI is InChI=1S/C18H15ClN2O2S/c1-12-10-20-18(24-12)21-17(22)14-5-3-7-16(9-14)23-11-13-4-2-6-15(19)8-13/h2-10H,11H2,1H3,(H,20,21,22). The second-order valence-corrected chi connectivity index (χ2v) is 6.85. The number of benzene rings is 2. The van der Waals surface area contributed by atoms with Crippen LogP contribution in [0.3, 0.4) is 0 Å². The number of amides is 1. The van der Waals surface area contributed by atoms with Crippen LogP contribution in [-0.2, 0) is 6.61 Å². The van der Waals surface area contributed by atoms with Crippen molar-refractivity contribution in [3.8, 4) is 5.75 Å². The smallest absolute Gasteiger partial charge is 0.257 e. The minimum atomic E-state index is -0.211. The number of hydrogen-bond donors (Lipinski definition) is 1. The number of thiazole rings is 1. The molecule has 1 heterocycles. The van der Waals surface area contributed by atoms with Crippen LogP contribution in [-0.4, -0.2) is 10.9 Å². The van der Waals surface area contributed by atoms with Gasteiger partial charge in [-0.3, -0.25) is 10.1 Å². The van der Waals surface area contributed by atoms with Gasteiger partial charge < -0.3 is 4.74 Å². The Bertz CT molecular complexity index is 863. The van der Waals surface area contributed by atoms with Crippen molar-refractivity contribution in [1.29, 1.82) is 0 Å². The third-order valence-electron chi connectivity index (χ3n) is 3.23. The van der Waals surface area contributed by atoms with E-state index < -0.39 is 0 Å². The van der Waals surface area contributed by atoms with Crippen molar-refractivity contribution >= 4 is 34.0 Å². The highest BCUT2D eigenvalue weighted by molar-refractivity contribution is 7.15. The lowest BCUT2D eigenvalue weighted by atomic mass is 10.2. The number of halogens is 1. The van der Waals surface area contributed by atoms with Crippen LogP contribution in [0, 0.1) is 6.92 Å². The quantitative estimate of drug-likeness (QED) is 0.703. The van der Waals surface area contributed by atoms with E-state index in [1.165, 1.54) is 11.3 Å². The summed E-state index contributed by atoms with van der Waals surface area (Å²) in [4.78, 5) is 17.5. The third-order valence-corrected chi connectivity index (χ3v) is 4.30. The van der Waals surface area contributed by atoms with Crippen molar-refractivity contribution in [2.75, 3.05) is 5.32 Å². The molecule has 0 saturated heterocycles. The highest BCUT2D eigenvalue weighted by Crippen LogP contribution is 2.20. The molecule has 0 saturated carbocycles. The first-order valence-electron chi connectivity index (χ1n) is 7.31. The molecule has 3 aromatic rings.